The summed E-state index contributed by atoms with van der Waals surface area (Å²) in [5.74, 6) is -0.684. The molecule has 2 heterocycles. The van der Waals surface area contributed by atoms with Gasteiger partial charge in [0.05, 0.1) is 6.61 Å². The third-order valence-electron chi connectivity index (χ3n) is 4.54. The number of rotatable bonds is 10. The summed E-state index contributed by atoms with van der Waals surface area (Å²) in [6, 6.07) is 9.22. The maximum atomic E-state index is 12.4. The molecule has 7 N–H and O–H groups in total. The molecule has 6 atom stereocenters. The number of hydrogen-bond acceptors (Lipinski definition) is 12. The molecular formula is C16H20N3O15P3. The molecule has 1 aliphatic rings. The van der Waals surface area contributed by atoms with Gasteiger partial charge in [-0.1, -0.05) is 18.2 Å². The van der Waals surface area contributed by atoms with Gasteiger partial charge in [-0.15, -0.1) is 0 Å². The lowest BCUT2D eigenvalue weighted by atomic mass is 10.1. The lowest BCUT2D eigenvalue weighted by Crippen LogP contribution is -2.36. The van der Waals surface area contributed by atoms with E-state index in [-0.39, 0.29) is 5.82 Å². The van der Waals surface area contributed by atoms with E-state index in [1.165, 1.54) is 18.2 Å². The highest BCUT2D eigenvalue weighted by molar-refractivity contribution is 7.66. The molecule has 0 bridgehead atoms. The second-order valence-corrected chi connectivity index (χ2v) is 11.7. The zero-order chi connectivity index (χ0) is 27.6. The average Bonchev–Trinajstić information content (AvgIpc) is 3.04. The molecule has 0 radical (unpaired) electrons. The molecule has 3 unspecified atom stereocenters. The third kappa shape index (κ3) is 8.17. The first kappa shape index (κ1) is 29.4. The van der Waals surface area contributed by atoms with Crippen LogP contribution in [0.4, 0.5) is 5.82 Å². The maximum Gasteiger partial charge on any atom is 0.490 e. The molecule has 0 spiro atoms. The Morgan fingerprint density at radius 3 is 2.24 bits per heavy atom. The SMILES string of the molecule is O=C(Nc1ccn([C@@H]2O[C@H](COP(=O)(O)OP(=O)(O)OP(=O)(O)O)C(O)[C@@H]2O)c(=O)n1)c1ccccc1. The molecule has 2 aromatic rings. The van der Waals surface area contributed by atoms with Gasteiger partial charge >= 0.3 is 29.2 Å². The average molecular weight is 587 g/mol. The topological polar surface area (TPSA) is 273 Å². The van der Waals surface area contributed by atoms with Crippen molar-refractivity contribution in [1.29, 1.82) is 0 Å². The van der Waals surface area contributed by atoms with Crippen LogP contribution < -0.4 is 11.0 Å². The summed E-state index contributed by atoms with van der Waals surface area (Å²) in [4.78, 5) is 64.0. The number of benzene rings is 1. The minimum atomic E-state index is -5.76. The number of hydrogen-bond donors (Lipinski definition) is 7. The number of amides is 1. The number of phosphoric acid groups is 3. The van der Waals surface area contributed by atoms with E-state index in [2.05, 4.69) is 23.4 Å². The van der Waals surface area contributed by atoms with Gasteiger partial charge in [0, 0.05) is 11.8 Å². The van der Waals surface area contributed by atoms with Crippen molar-refractivity contribution in [3.05, 3.63) is 58.6 Å². The molecule has 1 fully saturated rings. The Morgan fingerprint density at radius 2 is 1.65 bits per heavy atom. The number of anilines is 1. The quantitative estimate of drug-likeness (QED) is 0.172. The van der Waals surface area contributed by atoms with Crippen LogP contribution >= 0.6 is 23.5 Å². The molecule has 0 aliphatic carbocycles. The molecule has 1 saturated heterocycles. The largest absolute Gasteiger partial charge is 0.490 e. The highest BCUT2D eigenvalue weighted by Crippen LogP contribution is 2.66. The van der Waals surface area contributed by atoms with Crippen LogP contribution in [-0.2, 0) is 31.6 Å². The number of carbonyl (C=O) groups is 1. The van der Waals surface area contributed by atoms with Crippen molar-refractivity contribution in [2.45, 2.75) is 24.5 Å². The first-order valence-corrected chi connectivity index (χ1v) is 14.3. The molecule has 1 amide bonds. The molecule has 18 nitrogen and oxygen atoms in total. The lowest BCUT2D eigenvalue weighted by molar-refractivity contribution is -0.0541. The summed E-state index contributed by atoms with van der Waals surface area (Å²) < 4.78 is 51.4. The van der Waals surface area contributed by atoms with Crippen molar-refractivity contribution in [3.63, 3.8) is 0 Å². The van der Waals surface area contributed by atoms with Crippen LogP contribution in [0.3, 0.4) is 0 Å². The standard InChI is InChI=1S/C16H20N3O15P3/c20-12-10(8-31-36(27,28)34-37(29,30)33-35(24,25)26)32-15(13(12)21)19-7-6-11(18-16(19)23)17-14(22)9-4-2-1-3-5-9/h1-7,10,12-13,15,20-21H,8H2,(H,27,28)(H,29,30)(H2,24,25,26)(H,17,18,22,23)/t10-,12?,13+,15-/m1/s1. The molecule has 21 heteroatoms. The van der Waals surface area contributed by atoms with Gasteiger partial charge in [0.25, 0.3) is 5.91 Å². The fourth-order valence-corrected chi connectivity index (χ4v) is 6.05. The van der Waals surface area contributed by atoms with E-state index in [9.17, 15) is 38.4 Å². The number of aromatic nitrogens is 2. The monoisotopic (exact) mass is 587 g/mol. The highest BCUT2D eigenvalue weighted by atomic mass is 31.3. The molecule has 0 saturated carbocycles. The van der Waals surface area contributed by atoms with E-state index in [0.29, 0.717) is 5.56 Å². The predicted molar refractivity (Wildman–Crippen MR) is 119 cm³/mol. The van der Waals surface area contributed by atoms with Gasteiger partial charge in [0.1, 0.15) is 24.1 Å². The van der Waals surface area contributed by atoms with Gasteiger partial charge in [-0.25, -0.2) is 18.5 Å². The second kappa shape index (κ2) is 11.3. The number of nitrogens with one attached hydrogen (secondary N) is 1. The second-order valence-electron chi connectivity index (χ2n) is 7.26. The number of aliphatic hydroxyl groups excluding tert-OH is 2. The Balaban J connectivity index is 1.65. The van der Waals surface area contributed by atoms with E-state index < -0.39 is 66.2 Å². The fourth-order valence-electron chi connectivity index (χ4n) is 3.02. The summed E-state index contributed by atoms with van der Waals surface area (Å²) in [6.45, 7) is -1.06. The van der Waals surface area contributed by atoms with E-state index >= 15 is 0 Å². The first-order valence-electron chi connectivity index (χ1n) is 9.82. The zero-order valence-electron chi connectivity index (χ0n) is 18.2. The van der Waals surface area contributed by atoms with Crippen LogP contribution in [-0.4, -0.2) is 70.2 Å². The number of aliphatic hydroxyl groups is 2. The van der Waals surface area contributed by atoms with E-state index in [1.54, 1.807) is 18.2 Å². The number of carbonyl (C=O) groups excluding carboxylic acids is 1. The molecular weight excluding hydrogens is 567 g/mol. The third-order valence-corrected chi connectivity index (χ3v) is 8.34. The smallest absolute Gasteiger partial charge is 0.387 e. The summed E-state index contributed by atoms with van der Waals surface area (Å²) in [5.41, 5.74) is -0.722. The van der Waals surface area contributed by atoms with Gasteiger partial charge < -0.3 is 39.8 Å². The van der Waals surface area contributed by atoms with Gasteiger partial charge in [0.15, 0.2) is 6.23 Å². The fraction of sp³-hybridized carbons (Fsp3) is 0.312. The minimum Gasteiger partial charge on any atom is -0.387 e. The normalized spacial score (nSPS) is 25.2. The Bertz CT molecular complexity index is 1330. The Hall–Kier alpha value is -2.14. The van der Waals surface area contributed by atoms with E-state index in [1.807, 2.05) is 0 Å². The van der Waals surface area contributed by atoms with Crippen LogP contribution in [0.2, 0.25) is 0 Å². The minimum absolute atomic E-state index is 0.132. The highest BCUT2D eigenvalue weighted by Gasteiger charge is 2.46. The summed E-state index contributed by atoms with van der Waals surface area (Å²) in [6.07, 6.45) is -5.71. The Morgan fingerprint density at radius 1 is 1.00 bits per heavy atom. The van der Waals surface area contributed by atoms with Crippen LogP contribution in [0.1, 0.15) is 16.6 Å². The van der Waals surface area contributed by atoms with Gasteiger partial charge in [-0.3, -0.25) is 13.9 Å². The number of ether oxygens (including phenoxy) is 1. The Labute approximate surface area is 206 Å². The van der Waals surface area contributed by atoms with Gasteiger partial charge in [-0.05, 0) is 18.2 Å². The summed E-state index contributed by atoms with van der Waals surface area (Å²) >= 11 is 0. The Kier molecular flexibility index (Phi) is 8.99. The van der Waals surface area contributed by atoms with Crippen LogP contribution in [0.15, 0.2) is 47.4 Å². The van der Waals surface area contributed by atoms with Crippen molar-refractivity contribution < 1.29 is 66.2 Å². The van der Waals surface area contributed by atoms with Gasteiger partial charge in [-0.2, -0.15) is 13.6 Å². The molecule has 204 valence electrons. The predicted octanol–water partition coefficient (Wildman–Crippen LogP) is -0.542. The van der Waals surface area contributed by atoms with Gasteiger partial charge in [0.2, 0.25) is 0 Å². The molecule has 37 heavy (non-hydrogen) atoms. The summed E-state index contributed by atoms with van der Waals surface area (Å²) in [5, 5.41) is 22.8. The number of phosphoric ester groups is 1. The van der Waals surface area contributed by atoms with Crippen LogP contribution in [0.25, 0.3) is 0 Å². The van der Waals surface area contributed by atoms with Crippen molar-refractivity contribution in [2.75, 3.05) is 11.9 Å². The molecule has 1 aromatic carbocycles. The van der Waals surface area contributed by atoms with E-state index in [4.69, 9.17) is 19.4 Å². The van der Waals surface area contributed by atoms with Crippen molar-refractivity contribution in [1.82, 2.24) is 9.55 Å². The first-order chi connectivity index (χ1) is 17.1. The lowest BCUT2D eigenvalue weighted by Gasteiger charge is -2.19. The number of nitrogens with zero attached hydrogens (tertiary/aromatic N) is 2. The van der Waals surface area contributed by atoms with Crippen molar-refractivity contribution >= 4 is 35.2 Å². The van der Waals surface area contributed by atoms with E-state index in [0.717, 1.165) is 10.8 Å². The van der Waals surface area contributed by atoms with Crippen LogP contribution in [0, 0.1) is 0 Å². The maximum absolute atomic E-state index is 12.4. The van der Waals surface area contributed by atoms with Crippen molar-refractivity contribution in [2.24, 2.45) is 0 Å². The van der Waals surface area contributed by atoms with Crippen molar-refractivity contribution in [3.8, 4) is 0 Å². The molecule has 1 aromatic heterocycles. The zero-order valence-corrected chi connectivity index (χ0v) is 20.8. The molecule has 1 aliphatic heterocycles. The molecule has 3 rings (SSSR count). The summed E-state index contributed by atoms with van der Waals surface area (Å²) in [7, 11) is -16.9. The van der Waals surface area contributed by atoms with Crippen LogP contribution in [0.5, 0.6) is 0 Å².